The number of hydrogen-bond acceptors (Lipinski definition) is 2. The van der Waals surface area contributed by atoms with Crippen molar-refractivity contribution in [3.8, 4) is 6.07 Å². The van der Waals surface area contributed by atoms with E-state index in [1.807, 2.05) is 24.3 Å². The van der Waals surface area contributed by atoms with Crippen LogP contribution >= 0.6 is 0 Å². The number of carbonyl (C=O) groups excluding carboxylic acids is 1. The lowest BCUT2D eigenvalue weighted by molar-refractivity contribution is -0.130. The standard InChI is InChI=1S/C14H18N2O/c1-4-11-6-8-12(9-7-11)13(10-15)16(3)14(17)5-2/h6-9,13H,4-5H2,1-3H3. The lowest BCUT2D eigenvalue weighted by Crippen LogP contribution is -2.29. The van der Waals surface area contributed by atoms with Crippen LogP contribution in [-0.4, -0.2) is 17.9 Å². The smallest absolute Gasteiger partial charge is 0.223 e. The van der Waals surface area contributed by atoms with Gasteiger partial charge in [-0.3, -0.25) is 4.79 Å². The van der Waals surface area contributed by atoms with Crippen LogP contribution in [0.25, 0.3) is 0 Å². The Morgan fingerprint density at radius 2 is 1.94 bits per heavy atom. The molecule has 0 saturated carbocycles. The molecule has 1 unspecified atom stereocenters. The summed E-state index contributed by atoms with van der Waals surface area (Å²) >= 11 is 0. The molecule has 17 heavy (non-hydrogen) atoms. The first-order valence-corrected chi connectivity index (χ1v) is 5.88. The van der Waals surface area contributed by atoms with Crippen LogP contribution in [0.3, 0.4) is 0 Å². The highest BCUT2D eigenvalue weighted by atomic mass is 16.2. The highest BCUT2D eigenvalue weighted by Crippen LogP contribution is 2.20. The summed E-state index contributed by atoms with van der Waals surface area (Å²) in [7, 11) is 1.67. The van der Waals surface area contributed by atoms with Gasteiger partial charge in [0.15, 0.2) is 0 Å². The fraction of sp³-hybridized carbons (Fsp3) is 0.429. The summed E-state index contributed by atoms with van der Waals surface area (Å²) in [5, 5.41) is 9.18. The van der Waals surface area contributed by atoms with Crippen LogP contribution in [-0.2, 0) is 11.2 Å². The van der Waals surface area contributed by atoms with Crippen molar-refractivity contribution in [2.45, 2.75) is 32.7 Å². The van der Waals surface area contributed by atoms with Crippen molar-refractivity contribution in [1.29, 1.82) is 5.26 Å². The fourth-order valence-corrected chi connectivity index (χ4v) is 1.71. The topological polar surface area (TPSA) is 44.1 Å². The molecule has 0 radical (unpaired) electrons. The van der Waals surface area contributed by atoms with E-state index in [9.17, 15) is 10.1 Å². The van der Waals surface area contributed by atoms with E-state index in [4.69, 9.17) is 0 Å². The van der Waals surface area contributed by atoms with Gasteiger partial charge in [0.25, 0.3) is 0 Å². The maximum absolute atomic E-state index is 11.6. The minimum absolute atomic E-state index is 0.0175. The third-order valence-corrected chi connectivity index (χ3v) is 2.91. The maximum atomic E-state index is 11.6. The first kappa shape index (κ1) is 13.2. The molecule has 1 atom stereocenters. The molecule has 0 aliphatic rings. The summed E-state index contributed by atoms with van der Waals surface area (Å²) in [5.74, 6) is -0.0175. The van der Waals surface area contributed by atoms with Crippen LogP contribution in [0.1, 0.15) is 37.4 Å². The SMILES string of the molecule is CCC(=O)N(C)C(C#N)c1ccc(CC)cc1. The molecule has 0 saturated heterocycles. The molecule has 1 amide bonds. The van der Waals surface area contributed by atoms with Gasteiger partial charge in [0.2, 0.25) is 5.91 Å². The number of nitriles is 1. The number of amides is 1. The van der Waals surface area contributed by atoms with E-state index in [0.717, 1.165) is 12.0 Å². The maximum Gasteiger partial charge on any atom is 0.223 e. The van der Waals surface area contributed by atoms with Crippen LogP contribution in [0.15, 0.2) is 24.3 Å². The summed E-state index contributed by atoms with van der Waals surface area (Å²) < 4.78 is 0. The zero-order valence-corrected chi connectivity index (χ0v) is 10.6. The van der Waals surface area contributed by atoms with E-state index in [-0.39, 0.29) is 5.91 Å². The second-order valence-corrected chi connectivity index (χ2v) is 3.98. The molecule has 0 aliphatic heterocycles. The predicted molar refractivity (Wildman–Crippen MR) is 67.2 cm³/mol. The molecule has 0 aliphatic carbocycles. The van der Waals surface area contributed by atoms with Crippen molar-refractivity contribution >= 4 is 5.91 Å². The first-order chi connectivity index (χ1) is 8.13. The van der Waals surface area contributed by atoms with Gasteiger partial charge >= 0.3 is 0 Å². The van der Waals surface area contributed by atoms with Crippen molar-refractivity contribution in [1.82, 2.24) is 4.90 Å². The van der Waals surface area contributed by atoms with Crippen molar-refractivity contribution in [2.24, 2.45) is 0 Å². The summed E-state index contributed by atoms with van der Waals surface area (Å²) in [4.78, 5) is 13.1. The Bertz CT molecular complexity index is 417. The monoisotopic (exact) mass is 230 g/mol. The summed E-state index contributed by atoms with van der Waals surface area (Å²) in [5.41, 5.74) is 2.10. The van der Waals surface area contributed by atoms with Gasteiger partial charge in [0.1, 0.15) is 6.04 Å². The number of nitrogens with zero attached hydrogens (tertiary/aromatic N) is 2. The normalized spacial score (nSPS) is 11.6. The first-order valence-electron chi connectivity index (χ1n) is 5.88. The summed E-state index contributed by atoms with van der Waals surface area (Å²) in [6.07, 6.45) is 1.39. The Hall–Kier alpha value is -1.82. The predicted octanol–water partition coefficient (Wildman–Crippen LogP) is 2.68. The Morgan fingerprint density at radius 1 is 1.35 bits per heavy atom. The highest BCUT2D eigenvalue weighted by molar-refractivity contribution is 5.76. The van der Waals surface area contributed by atoms with E-state index in [2.05, 4.69) is 13.0 Å². The Labute approximate surface area is 103 Å². The second kappa shape index (κ2) is 6.05. The lowest BCUT2D eigenvalue weighted by atomic mass is 10.0. The molecular weight excluding hydrogens is 212 g/mol. The number of aryl methyl sites for hydroxylation is 1. The van der Waals surface area contributed by atoms with Gasteiger partial charge in [-0.25, -0.2) is 0 Å². The van der Waals surface area contributed by atoms with Gasteiger partial charge in [-0.1, -0.05) is 38.1 Å². The van der Waals surface area contributed by atoms with E-state index in [1.54, 1.807) is 14.0 Å². The van der Waals surface area contributed by atoms with Crippen LogP contribution in [0.2, 0.25) is 0 Å². The van der Waals surface area contributed by atoms with E-state index >= 15 is 0 Å². The molecular formula is C14H18N2O. The number of carbonyl (C=O) groups is 1. The van der Waals surface area contributed by atoms with E-state index in [1.165, 1.54) is 10.5 Å². The van der Waals surface area contributed by atoms with Gasteiger partial charge in [-0.05, 0) is 17.5 Å². The van der Waals surface area contributed by atoms with Crippen LogP contribution in [0, 0.1) is 11.3 Å². The van der Waals surface area contributed by atoms with Crippen molar-refractivity contribution in [3.05, 3.63) is 35.4 Å². The minimum Gasteiger partial charge on any atom is -0.326 e. The van der Waals surface area contributed by atoms with Gasteiger partial charge in [-0.15, -0.1) is 0 Å². The summed E-state index contributed by atoms with van der Waals surface area (Å²) in [6.45, 7) is 3.89. The molecule has 1 aromatic carbocycles. The Balaban J connectivity index is 2.94. The molecule has 90 valence electrons. The van der Waals surface area contributed by atoms with Crippen LogP contribution in [0.4, 0.5) is 0 Å². The Morgan fingerprint density at radius 3 is 2.35 bits per heavy atom. The Kier molecular flexibility index (Phi) is 4.71. The fourth-order valence-electron chi connectivity index (χ4n) is 1.71. The molecule has 3 nitrogen and oxygen atoms in total. The molecule has 1 aromatic rings. The molecule has 0 spiro atoms. The minimum atomic E-state index is -0.492. The third kappa shape index (κ3) is 3.07. The van der Waals surface area contributed by atoms with Crippen molar-refractivity contribution in [3.63, 3.8) is 0 Å². The zero-order valence-electron chi connectivity index (χ0n) is 10.6. The molecule has 0 aromatic heterocycles. The average Bonchev–Trinajstić information content (AvgIpc) is 2.39. The third-order valence-electron chi connectivity index (χ3n) is 2.91. The zero-order chi connectivity index (χ0) is 12.8. The van der Waals surface area contributed by atoms with E-state index < -0.39 is 6.04 Å². The lowest BCUT2D eigenvalue weighted by Gasteiger charge is -2.22. The quantitative estimate of drug-likeness (QED) is 0.798. The number of hydrogen-bond donors (Lipinski definition) is 0. The van der Waals surface area contributed by atoms with Crippen molar-refractivity contribution < 1.29 is 4.79 Å². The largest absolute Gasteiger partial charge is 0.326 e. The van der Waals surface area contributed by atoms with Crippen LogP contribution < -0.4 is 0 Å². The van der Waals surface area contributed by atoms with Gasteiger partial charge in [0.05, 0.1) is 6.07 Å². The van der Waals surface area contributed by atoms with Gasteiger partial charge in [-0.2, -0.15) is 5.26 Å². The molecule has 1 rings (SSSR count). The van der Waals surface area contributed by atoms with Crippen molar-refractivity contribution in [2.75, 3.05) is 7.05 Å². The van der Waals surface area contributed by atoms with Gasteiger partial charge in [0, 0.05) is 13.5 Å². The molecule has 0 heterocycles. The van der Waals surface area contributed by atoms with E-state index in [0.29, 0.717) is 6.42 Å². The molecule has 0 N–H and O–H groups in total. The summed E-state index contributed by atoms with van der Waals surface area (Å²) in [6, 6.07) is 9.54. The number of benzene rings is 1. The second-order valence-electron chi connectivity index (χ2n) is 3.98. The highest BCUT2D eigenvalue weighted by Gasteiger charge is 2.19. The number of rotatable bonds is 4. The van der Waals surface area contributed by atoms with Crippen LogP contribution in [0.5, 0.6) is 0 Å². The molecule has 3 heteroatoms. The molecule has 0 bridgehead atoms. The van der Waals surface area contributed by atoms with Gasteiger partial charge < -0.3 is 4.90 Å². The average molecular weight is 230 g/mol. The molecule has 0 fully saturated rings.